The van der Waals surface area contributed by atoms with Gasteiger partial charge in [-0.3, -0.25) is 13.9 Å². The number of methoxy groups -OCH3 is 1. The monoisotopic (exact) mass is 290 g/mol. The molecule has 0 unspecified atom stereocenters. The number of aromatic nitrogens is 2. The summed E-state index contributed by atoms with van der Waals surface area (Å²) in [4.78, 5) is 24.8. The van der Waals surface area contributed by atoms with Crippen LogP contribution in [0.2, 0.25) is 0 Å². The first-order chi connectivity index (χ1) is 9.93. The first-order valence-corrected chi connectivity index (χ1v) is 7.20. The Morgan fingerprint density at radius 1 is 1.29 bits per heavy atom. The van der Waals surface area contributed by atoms with Crippen molar-refractivity contribution in [1.29, 1.82) is 0 Å². The molecule has 21 heavy (non-hydrogen) atoms. The fraction of sp³-hybridized carbons (Fsp3) is 0.500. The maximum Gasteiger partial charge on any atom is 0.333 e. The SMILES string of the molecule is C=C1CCCC(C)=C1c1c(OC)n(CC)c(=O)n(C)c1=O. The minimum atomic E-state index is -0.359. The van der Waals surface area contributed by atoms with Crippen LogP contribution < -0.4 is 16.0 Å². The van der Waals surface area contributed by atoms with Gasteiger partial charge in [-0.05, 0) is 44.3 Å². The summed E-state index contributed by atoms with van der Waals surface area (Å²) in [5, 5.41) is 0. The Hall–Kier alpha value is -2.04. The van der Waals surface area contributed by atoms with Crippen LogP contribution in [0.4, 0.5) is 0 Å². The zero-order valence-corrected chi connectivity index (χ0v) is 13.2. The molecule has 0 saturated carbocycles. The molecule has 5 nitrogen and oxygen atoms in total. The lowest BCUT2D eigenvalue weighted by molar-refractivity contribution is 0.357. The lowest BCUT2D eigenvalue weighted by atomic mass is 9.85. The molecule has 2 rings (SSSR count). The second-order valence-electron chi connectivity index (χ2n) is 5.39. The van der Waals surface area contributed by atoms with E-state index in [1.165, 1.54) is 18.7 Å². The Morgan fingerprint density at radius 2 is 1.95 bits per heavy atom. The molecule has 1 heterocycles. The third-order valence-corrected chi connectivity index (χ3v) is 4.07. The fourth-order valence-corrected chi connectivity index (χ4v) is 2.96. The molecule has 0 N–H and O–H groups in total. The van der Waals surface area contributed by atoms with Crippen molar-refractivity contribution in [3.63, 3.8) is 0 Å². The summed E-state index contributed by atoms with van der Waals surface area (Å²) in [5.74, 6) is 0.336. The van der Waals surface area contributed by atoms with Gasteiger partial charge in [0.1, 0.15) is 5.56 Å². The lowest BCUT2D eigenvalue weighted by Gasteiger charge is -2.23. The largest absolute Gasteiger partial charge is 0.481 e. The van der Waals surface area contributed by atoms with E-state index in [0.29, 0.717) is 18.0 Å². The number of rotatable bonds is 3. The van der Waals surface area contributed by atoms with Crippen molar-refractivity contribution >= 4 is 5.57 Å². The Labute approximate surface area is 124 Å². The van der Waals surface area contributed by atoms with Crippen LogP contribution in [0.5, 0.6) is 5.88 Å². The molecule has 1 aliphatic rings. The van der Waals surface area contributed by atoms with Crippen molar-refractivity contribution in [3.05, 3.63) is 44.1 Å². The van der Waals surface area contributed by atoms with Gasteiger partial charge in [0.2, 0.25) is 5.88 Å². The topological polar surface area (TPSA) is 53.2 Å². The normalized spacial score (nSPS) is 15.5. The van der Waals surface area contributed by atoms with Crippen molar-refractivity contribution < 1.29 is 4.74 Å². The number of hydrogen-bond acceptors (Lipinski definition) is 3. The summed E-state index contributed by atoms with van der Waals surface area (Å²) in [7, 11) is 2.99. The van der Waals surface area contributed by atoms with Gasteiger partial charge in [0.05, 0.1) is 7.11 Å². The molecule has 0 bridgehead atoms. The maximum atomic E-state index is 12.6. The van der Waals surface area contributed by atoms with E-state index in [9.17, 15) is 9.59 Å². The predicted molar refractivity (Wildman–Crippen MR) is 83.8 cm³/mol. The van der Waals surface area contributed by atoms with Crippen LogP contribution in [0.15, 0.2) is 27.3 Å². The molecule has 1 aromatic rings. The van der Waals surface area contributed by atoms with Crippen LogP contribution in [0.1, 0.15) is 38.7 Å². The van der Waals surface area contributed by atoms with E-state index >= 15 is 0 Å². The second-order valence-corrected chi connectivity index (χ2v) is 5.39. The first kappa shape index (κ1) is 15.4. The summed E-state index contributed by atoms with van der Waals surface area (Å²) < 4.78 is 8.04. The van der Waals surface area contributed by atoms with Crippen LogP contribution in [-0.4, -0.2) is 16.2 Å². The molecule has 0 amide bonds. The van der Waals surface area contributed by atoms with Gasteiger partial charge in [-0.2, -0.15) is 0 Å². The van der Waals surface area contributed by atoms with Gasteiger partial charge in [-0.1, -0.05) is 12.2 Å². The van der Waals surface area contributed by atoms with E-state index in [1.807, 2.05) is 13.8 Å². The summed E-state index contributed by atoms with van der Waals surface area (Å²) in [5.41, 5.74) is 2.71. The van der Waals surface area contributed by atoms with Gasteiger partial charge in [0.15, 0.2) is 0 Å². The quantitative estimate of drug-likeness (QED) is 0.856. The summed E-state index contributed by atoms with van der Waals surface area (Å²) in [6.45, 7) is 8.41. The number of hydrogen-bond donors (Lipinski definition) is 0. The molecule has 0 radical (unpaired) electrons. The fourth-order valence-electron chi connectivity index (χ4n) is 2.96. The molecule has 5 heteroatoms. The minimum Gasteiger partial charge on any atom is -0.481 e. The van der Waals surface area contributed by atoms with Crippen molar-refractivity contribution in [2.24, 2.45) is 7.05 Å². The van der Waals surface area contributed by atoms with E-state index in [1.54, 1.807) is 0 Å². The van der Waals surface area contributed by atoms with E-state index in [4.69, 9.17) is 4.74 Å². The third kappa shape index (κ3) is 2.37. The highest BCUT2D eigenvalue weighted by Gasteiger charge is 2.25. The molecule has 1 aromatic heterocycles. The average Bonchev–Trinajstić information content (AvgIpc) is 2.46. The van der Waals surface area contributed by atoms with Gasteiger partial charge in [-0.15, -0.1) is 0 Å². The molecule has 0 saturated heterocycles. The van der Waals surface area contributed by atoms with E-state index in [0.717, 1.165) is 40.5 Å². The molecule has 1 aliphatic carbocycles. The standard InChI is InChI=1S/C16H22N2O3/c1-6-18-15(21-5)13(14(19)17(4)16(18)20)12-10(2)8-7-9-11(12)3/h2,6-9H2,1,3-5H3. The highest BCUT2D eigenvalue weighted by Crippen LogP contribution is 2.37. The van der Waals surface area contributed by atoms with Crippen LogP contribution in [0.3, 0.4) is 0 Å². The van der Waals surface area contributed by atoms with Gasteiger partial charge in [0, 0.05) is 13.6 Å². The van der Waals surface area contributed by atoms with E-state index in [2.05, 4.69) is 6.58 Å². The van der Waals surface area contributed by atoms with Crippen LogP contribution in [0, 0.1) is 0 Å². The molecule has 114 valence electrons. The van der Waals surface area contributed by atoms with Gasteiger partial charge in [-0.25, -0.2) is 4.79 Å². The average molecular weight is 290 g/mol. The number of nitrogens with zero attached hydrogens (tertiary/aromatic N) is 2. The van der Waals surface area contributed by atoms with Gasteiger partial charge < -0.3 is 4.74 Å². The Kier molecular flexibility index (Phi) is 4.21. The third-order valence-electron chi connectivity index (χ3n) is 4.07. The zero-order chi connectivity index (χ0) is 15.7. The summed E-state index contributed by atoms with van der Waals surface area (Å²) in [6.07, 6.45) is 2.85. The van der Waals surface area contributed by atoms with Crippen LogP contribution >= 0.6 is 0 Å². The van der Waals surface area contributed by atoms with Crippen LogP contribution in [-0.2, 0) is 13.6 Å². The minimum absolute atomic E-state index is 0.320. The Balaban J connectivity index is 2.93. The van der Waals surface area contributed by atoms with E-state index < -0.39 is 0 Å². The zero-order valence-electron chi connectivity index (χ0n) is 13.2. The van der Waals surface area contributed by atoms with Gasteiger partial charge >= 0.3 is 5.69 Å². The van der Waals surface area contributed by atoms with Crippen molar-refractivity contribution in [2.75, 3.05) is 7.11 Å². The number of allylic oxidation sites excluding steroid dienone is 3. The number of ether oxygens (including phenoxy) is 1. The molecule has 0 spiro atoms. The lowest BCUT2D eigenvalue weighted by Crippen LogP contribution is -2.40. The molecule has 0 aromatic carbocycles. The predicted octanol–water partition coefficient (Wildman–Crippen LogP) is 2.09. The molecular weight excluding hydrogens is 268 g/mol. The summed E-state index contributed by atoms with van der Waals surface area (Å²) in [6, 6.07) is 0. The second kappa shape index (κ2) is 5.76. The van der Waals surface area contributed by atoms with Crippen molar-refractivity contribution in [2.45, 2.75) is 39.7 Å². The Morgan fingerprint density at radius 3 is 2.48 bits per heavy atom. The summed E-state index contributed by atoms with van der Waals surface area (Å²) >= 11 is 0. The van der Waals surface area contributed by atoms with E-state index in [-0.39, 0.29) is 11.2 Å². The first-order valence-electron chi connectivity index (χ1n) is 7.20. The molecule has 0 aliphatic heterocycles. The van der Waals surface area contributed by atoms with Crippen LogP contribution in [0.25, 0.3) is 5.57 Å². The maximum absolute atomic E-state index is 12.6. The highest BCUT2D eigenvalue weighted by atomic mass is 16.5. The highest BCUT2D eigenvalue weighted by molar-refractivity contribution is 5.83. The van der Waals surface area contributed by atoms with Gasteiger partial charge in [0.25, 0.3) is 5.56 Å². The molecular formula is C16H22N2O3. The van der Waals surface area contributed by atoms with Crippen molar-refractivity contribution in [1.82, 2.24) is 9.13 Å². The smallest absolute Gasteiger partial charge is 0.333 e. The molecule has 0 fully saturated rings. The van der Waals surface area contributed by atoms with Crippen molar-refractivity contribution in [3.8, 4) is 5.88 Å². The molecule has 0 atom stereocenters. The Bertz CT molecular complexity index is 735.